The minimum absolute atomic E-state index is 0. The van der Waals surface area contributed by atoms with Crippen LogP contribution in [0.1, 0.15) is 0 Å². The summed E-state index contributed by atoms with van der Waals surface area (Å²) in [6.07, 6.45) is 0. The maximum Gasteiger partial charge on any atom is 0.187 e. The average molecular weight is 386 g/mol. The van der Waals surface area contributed by atoms with Gasteiger partial charge in [0.25, 0.3) is 0 Å². The molecule has 0 aliphatic heterocycles. The number of anilines is 2. The lowest BCUT2D eigenvalue weighted by atomic mass is 10.2. The molecule has 1 aromatic heterocycles. The van der Waals surface area contributed by atoms with E-state index in [4.69, 9.17) is 11.6 Å². The van der Waals surface area contributed by atoms with E-state index in [2.05, 4.69) is 10.3 Å². The van der Waals surface area contributed by atoms with Crippen LogP contribution in [0.2, 0.25) is 5.02 Å². The number of nitrogens with zero attached hydrogens (tertiary/aromatic N) is 1. The van der Waals surface area contributed by atoms with Gasteiger partial charge in [0.05, 0.1) is 5.69 Å². The lowest BCUT2D eigenvalue weighted by Crippen LogP contribution is -1.89. The Morgan fingerprint density at radius 1 is 1.00 bits per heavy atom. The fourth-order valence-electron chi connectivity index (χ4n) is 1.74. The Morgan fingerprint density at radius 3 is 2.33 bits per heavy atom. The van der Waals surface area contributed by atoms with Crippen molar-refractivity contribution in [3.05, 3.63) is 64.8 Å². The second-order valence-corrected chi connectivity index (χ2v) is 5.47. The summed E-state index contributed by atoms with van der Waals surface area (Å²) in [7, 11) is 0. The molecule has 0 fully saturated rings. The third-order valence-electron chi connectivity index (χ3n) is 2.74. The Balaban J connectivity index is 0.00000161. The molecule has 2 nitrogen and oxygen atoms in total. The molecule has 1 N–H and O–H groups in total. The Hall–Kier alpha value is -1.43. The number of halogens is 3. The number of rotatable bonds is 3. The largest absolute Gasteiger partial charge is 0.332 e. The number of hydrogen-bond acceptors (Lipinski definition) is 3. The van der Waals surface area contributed by atoms with Crippen LogP contribution in [0.4, 0.5) is 15.2 Å². The Kier molecular flexibility index (Phi) is 5.33. The third kappa shape index (κ3) is 4.03. The molecule has 2 aromatic carbocycles. The lowest BCUT2D eigenvalue weighted by Gasteiger charge is -2.01. The van der Waals surface area contributed by atoms with Gasteiger partial charge in [0.1, 0.15) is 5.82 Å². The molecule has 0 bridgehead atoms. The molecule has 0 saturated heterocycles. The van der Waals surface area contributed by atoms with E-state index >= 15 is 0 Å². The smallest absolute Gasteiger partial charge is 0.187 e. The van der Waals surface area contributed by atoms with Gasteiger partial charge >= 0.3 is 0 Å². The van der Waals surface area contributed by atoms with Gasteiger partial charge < -0.3 is 5.32 Å². The third-order valence-corrected chi connectivity index (χ3v) is 3.75. The summed E-state index contributed by atoms with van der Waals surface area (Å²) in [6.45, 7) is 0. The van der Waals surface area contributed by atoms with E-state index < -0.39 is 0 Å². The first-order valence-corrected chi connectivity index (χ1v) is 7.20. The van der Waals surface area contributed by atoms with E-state index in [-0.39, 0.29) is 22.8 Å². The van der Waals surface area contributed by atoms with Gasteiger partial charge in [-0.2, -0.15) is 0 Å². The van der Waals surface area contributed by atoms with Crippen molar-refractivity contribution in [2.75, 3.05) is 5.32 Å². The number of thiazole rings is 1. The van der Waals surface area contributed by atoms with Crippen molar-refractivity contribution in [3.63, 3.8) is 0 Å². The summed E-state index contributed by atoms with van der Waals surface area (Å²) < 4.78 is 12.9. The molecule has 21 heavy (non-hydrogen) atoms. The second kappa shape index (κ2) is 7.02. The van der Waals surface area contributed by atoms with Gasteiger partial charge in [-0.3, -0.25) is 0 Å². The molecule has 3 rings (SSSR count). The normalized spacial score (nSPS) is 10.0. The van der Waals surface area contributed by atoms with Crippen LogP contribution in [0.15, 0.2) is 53.9 Å². The summed E-state index contributed by atoms with van der Waals surface area (Å²) in [4.78, 5) is 4.48. The maximum atomic E-state index is 12.9. The van der Waals surface area contributed by atoms with Crippen molar-refractivity contribution >= 4 is 50.7 Å². The van der Waals surface area contributed by atoms with Crippen LogP contribution in [-0.4, -0.2) is 4.98 Å². The molecular formula is C15H11BrClFN2S. The predicted molar refractivity (Wildman–Crippen MR) is 92.6 cm³/mol. The van der Waals surface area contributed by atoms with Crippen LogP contribution in [0, 0.1) is 5.82 Å². The molecular weight excluding hydrogens is 375 g/mol. The van der Waals surface area contributed by atoms with E-state index in [1.54, 1.807) is 12.1 Å². The van der Waals surface area contributed by atoms with Gasteiger partial charge in [-0.25, -0.2) is 9.37 Å². The zero-order valence-electron chi connectivity index (χ0n) is 10.7. The minimum Gasteiger partial charge on any atom is -0.332 e. The first kappa shape index (κ1) is 15.9. The van der Waals surface area contributed by atoms with E-state index in [0.29, 0.717) is 5.02 Å². The Labute approximate surface area is 141 Å². The predicted octanol–water partition coefficient (Wildman–Crippen LogP) is 5.92. The number of hydrogen-bond donors (Lipinski definition) is 1. The summed E-state index contributed by atoms with van der Waals surface area (Å²) >= 11 is 7.34. The van der Waals surface area contributed by atoms with E-state index in [1.807, 2.05) is 29.6 Å². The number of benzene rings is 2. The molecule has 0 amide bonds. The van der Waals surface area contributed by atoms with Crippen molar-refractivity contribution in [1.82, 2.24) is 4.98 Å². The molecule has 0 unspecified atom stereocenters. The highest BCUT2D eigenvalue weighted by Gasteiger charge is 2.05. The molecule has 6 heteroatoms. The highest BCUT2D eigenvalue weighted by molar-refractivity contribution is 8.93. The maximum absolute atomic E-state index is 12.9. The van der Waals surface area contributed by atoms with Crippen molar-refractivity contribution in [2.24, 2.45) is 0 Å². The minimum atomic E-state index is -0.247. The average Bonchev–Trinajstić information content (AvgIpc) is 2.91. The van der Waals surface area contributed by atoms with Crippen molar-refractivity contribution in [2.45, 2.75) is 0 Å². The monoisotopic (exact) mass is 384 g/mol. The number of nitrogens with one attached hydrogen (secondary N) is 1. The summed E-state index contributed by atoms with van der Waals surface area (Å²) in [5.74, 6) is -0.247. The molecule has 0 radical (unpaired) electrons. The van der Waals surface area contributed by atoms with Crippen molar-refractivity contribution < 1.29 is 4.39 Å². The van der Waals surface area contributed by atoms with Crippen molar-refractivity contribution in [1.29, 1.82) is 0 Å². The Morgan fingerprint density at radius 2 is 1.67 bits per heavy atom. The van der Waals surface area contributed by atoms with Gasteiger partial charge in [-0.05, 0) is 48.5 Å². The van der Waals surface area contributed by atoms with E-state index in [1.165, 1.54) is 23.5 Å². The molecule has 0 atom stereocenters. The highest BCUT2D eigenvalue weighted by Crippen LogP contribution is 2.27. The van der Waals surface area contributed by atoms with Crippen LogP contribution in [0.3, 0.4) is 0 Å². The van der Waals surface area contributed by atoms with Crippen molar-refractivity contribution in [3.8, 4) is 11.3 Å². The standard InChI is InChI=1S/C15H10ClFN2S.BrH/c16-11-3-7-13(8-4-11)18-15-19-14(9-20-15)10-1-5-12(17)6-2-10;/h1-9H,(H,18,19);1H. The molecule has 108 valence electrons. The van der Waals surface area contributed by atoms with E-state index in [9.17, 15) is 4.39 Å². The van der Waals surface area contributed by atoms with Gasteiger partial charge in [0.15, 0.2) is 5.13 Å². The summed E-state index contributed by atoms with van der Waals surface area (Å²) in [5, 5.41) is 6.62. The summed E-state index contributed by atoms with van der Waals surface area (Å²) in [5.41, 5.74) is 2.65. The molecule has 3 aromatic rings. The SMILES string of the molecule is Br.Fc1ccc(-c2csc(Nc3ccc(Cl)cc3)n2)cc1. The fraction of sp³-hybridized carbons (Fsp3) is 0. The second-order valence-electron chi connectivity index (χ2n) is 4.18. The van der Waals surface area contributed by atoms with Gasteiger partial charge in [0, 0.05) is 21.7 Å². The van der Waals surface area contributed by atoms with E-state index in [0.717, 1.165) is 22.1 Å². The van der Waals surface area contributed by atoms with Crippen LogP contribution >= 0.6 is 39.9 Å². The summed E-state index contributed by atoms with van der Waals surface area (Å²) in [6, 6.07) is 13.7. The van der Waals surface area contributed by atoms with Crippen LogP contribution in [0.5, 0.6) is 0 Å². The molecule has 0 aliphatic carbocycles. The zero-order chi connectivity index (χ0) is 13.9. The fourth-order valence-corrected chi connectivity index (χ4v) is 2.61. The molecule has 1 heterocycles. The van der Waals surface area contributed by atoms with Crippen LogP contribution < -0.4 is 5.32 Å². The van der Waals surface area contributed by atoms with Gasteiger partial charge in [-0.15, -0.1) is 28.3 Å². The molecule has 0 saturated carbocycles. The quantitative estimate of drug-likeness (QED) is 0.605. The van der Waals surface area contributed by atoms with Gasteiger partial charge in [0.2, 0.25) is 0 Å². The Bertz CT molecular complexity index is 713. The molecule has 0 spiro atoms. The van der Waals surface area contributed by atoms with Gasteiger partial charge in [-0.1, -0.05) is 11.6 Å². The topological polar surface area (TPSA) is 24.9 Å². The highest BCUT2D eigenvalue weighted by atomic mass is 79.9. The first-order chi connectivity index (χ1) is 9.70. The van der Waals surface area contributed by atoms with Crippen LogP contribution in [0.25, 0.3) is 11.3 Å². The zero-order valence-corrected chi connectivity index (χ0v) is 14.0. The van der Waals surface area contributed by atoms with Crippen LogP contribution in [-0.2, 0) is 0 Å². The molecule has 0 aliphatic rings. The number of aromatic nitrogens is 1. The lowest BCUT2D eigenvalue weighted by molar-refractivity contribution is 0.628. The first-order valence-electron chi connectivity index (χ1n) is 5.95.